The molecule has 178 valence electrons. The Kier molecular flexibility index (Phi) is 6.09. The van der Waals surface area contributed by atoms with Crippen molar-refractivity contribution in [3.8, 4) is 17.2 Å². The second kappa shape index (κ2) is 9.07. The van der Waals surface area contributed by atoms with Gasteiger partial charge in [0.05, 0.1) is 29.2 Å². The number of aryl methyl sites for hydroxylation is 1. The largest absolute Gasteiger partial charge is 0.506 e. The lowest BCUT2D eigenvalue weighted by Crippen LogP contribution is -2.29. The van der Waals surface area contributed by atoms with Gasteiger partial charge in [0.15, 0.2) is 5.11 Å². The predicted molar refractivity (Wildman–Crippen MR) is 143 cm³/mol. The molecule has 6 nitrogen and oxygen atoms in total. The van der Waals surface area contributed by atoms with E-state index in [4.69, 9.17) is 35.4 Å². The first-order valence-corrected chi connectivity index (χ1v) is 12.1. The minimum atomic E-state index is -0.358. The van der Waals surface area contributed by atoms with Gasteiger partial charge in [-0.05, 0) is 86.2 Å². The SMILES string of the molecule is Cc1cc([C@@H]2[C@H](c3ccccn3)NC(=S)N2c2cc(Cl)ccc2O)c(C)n1-c1cc(Cl)ccc1O. The molecule has 0 spiro atoms. The molecule has 0 bridgehead atoms. The number of pyridine rings is 1. The van der Waals surface area contributed by atoms with Crippen LogP contribution in [0.25, 0.3) is 5.69 Å². The van der Waals surface area contributed by atoms with Crippen LogP contribution in [-0.4, -0.2) is 24.9 Å². The van der Waals surface area contributed by atoms with Crippen molar-refractivity contribution in [2.45, 2.75) is 25.9 Å². The molecule has 0 unspecified atom stereocenters. The third-order valence-electron chi connectivity index (χ3n) is 6.26. The third kappa shape index (κ3) is 4.10. The number of nitrogens with one attached hydrogen (secondary N) is 1. The highest BCUT2D eigenvalue weighted by molar-refractivity contribution is 7.80. The van der Waals surface area contributed by atoms with Gasteiger partial charge in [-0.2, -0.15) is 0 Å². The van der Waals surface area contributed by atoms with Crippen LogP contribution in [0.2, 0.25) is 10.0 Å². The van der Waals surface area contributed by atoms with Crippen LogP contribution >= 0.6 is 35.4 Å². The van der Waals surface area contributed by atoms with Gasteiger partial charge in [-0.1, -0.05) is 29.3 Å². The lowest BCUT2D eigenvalue weighted by atomic mass is 9.96. The summed E-state index contributed by atoms with van der Waals surface area (Å²) in [4.78, 5) is 6.46. The summed E-state index contributed by atoms with van der Waals surface area (Å²) in [6.45, 7) is 3.95. The van der Waals surface area contributed by atoms with Gasteiger partial charge in [0.25, 0.3) is 0 Å². The summed E-state index contributed by atoms with van der Waals surface area (Å²) < 4.78 is 1.96. The molecule has 3 heterocycles. The Morgan fingerprint density at radius 2 is 1.57 bits per heavy atom. The maximum absolute atomic E-state index is 10.8. The van der Waals surface area contributed by atoms with Crippen LogP contribution < -0.4 is 10.2 Å². The van der Waals surface area contributed by atoms with Gasteiger partial charge in [0, 0.05) is 27.6 Å². The van der Waals surface area contributed by atoms with Crippen molar-refractivity contribution in [3.05, 3.63) is 99.6 Å². The molecule has 1 fully saturated rings. The molecule has 2 aromatic heterocycles. The number of aromatic nitrogens is 2. The maximum atomic E-state index is 10.8. The van der Waals surface area contributed by atoms with E-state index in [-0.39, 0.29) is 23.6 Å². The molecular formula is C26H22Cl2N4O2S. The second-order valence-corrected chi connectivity index (χ2v) is 9.68. The summed E-state index contributed by atoms with van der Waals surface area (Å²) in [6.07, 6.45) is 1.74. The second-order valence-electron chi connectivity index (χ2n) is 8.42. The minimum Gasteiger partial charge on any atom is -0.506 e. The zero-order chi connectivity index (χ0) is 24.9. The van der Waals surface area contributed by atoms with E-state index in [0.717, 1.165) is 22.6 Å². The number of nitrogens with zero attached hydrogens (tertiary/aromatic N) is 3. The topological polar surface area (TPSA) is 73.5 Å². The van der Waals surface area contributed by atoms with Gasteiger partial charge in [0.1, 0.15) is 11.5 Å². The van der Waals surface area contributed by atoms with Crippen LogP contribution in [0, 0.1) is 13.8 Å². The zero-order valence-electron chi connectivity index (χ0n) is 18.9. The van der Waals surface area contributed by atoms with E-state index in [1.165, 1.54) is 0 Å². The van der Waals surface area contributed by atoms with Crippen molar-refractivity contribution in [3.63, 3.8) is 0 Å². The van der Waals surface area contributed by atoms with Gasteiger partial charge < -0.3 is 25.0 Å². The highest BCUT2D eigenvalue weighted by atomic mass is 35.5. The molecule has 35 heavy (non-hydrogen) atoms. The molecule has 2 aromatic carbocycles. The van der Waals surface area contributed by atoms with Crippen LogP contribution in [0.4, 0.5) is 5.69 Å². The third-order valence-corrected chi connectivity index (χ3v) is 7.05. The molecular weight excluding hydrogens is 503 g/mol. The standard InChI is InChI=1S/C26H22Cl2N4O2S/c1-14-11-18(15(2)31(14)20-12-16(27)6-8-22(20)33)25-24(19-5-3-4-10-29-19)30-26(35)32(25)21-13-17(28)7-9-23(21)34/h3-13,24-25,33-34H,1-2H3,(H,30,35)/t24-,25+/m0/s1. The molecule has 9 heteroatoms. The van der Waals surface area contributed by atoms with E-state index < -0.39 is 0 Å². The summed E-state index contributed by atoms with van der Waals surface area (Å²) in [6, 6.07) is 17.0. The number of hydrogen-bond donors (Lipinski definition) is 3. The lowest BCUT2D eigenvalue weighted by molar-refractivity contribution is 0.471. The van der Waals surface area contributed by atoms with E-state index in [0.29, 0.717) is 26.5 Å². The highest BCUT2D eigenvalue weighted by Crippen LogP contribution is 2.46. The van der Waals surface area contributed by atoms with Gasteiger partial charge in [0.2, 0.25) is 0 Å². The van der Waals surface area contributed by atoms with Gasteiger partial charge >= 0.3 is 0 Å². The van der Waals surface area contributed by atoms with Gasteiger partial charge in [-0.15, -0.1) is 0 Å². The van der Waals surface area contributed by atoms with E-state index >= 15 is 0 Å². The summed E-state index contributed by atoms with van der Waals surface area (Å²) in [7, 11) is 0. The monoisotopic (exact) mass is 524 g/mol. The quantitative estimate of drug-likeness (QED) is 0.269. The molecule has 5 rings (SSSR count). The van der Waals surface area contributed by atoms with E-state index in [9.17, 15) is 10.2 Å². The summed E-state index contributed by atoms with van der Waals surface area (Å²) in [5.41, 5.74) is 4.63. The first kappa shape index (κ1) is 23.5. The number of benzene rings is 2. The maximum Gasteiger partial charge on any atom is 0.174 e. The molecule has 2 atom stereocenters. The predicted octanol–water partition coefficient (Wildman–Crippen LogP) is 6.38. The van der Waals surface area contributed by atoms with Crippen molar-refractivity contribution in [1.29, 1.82) is 0 Å². The van der Waals surface area contributed by atoms with Gasteiger partial charge in [-0.3, -0.25) is 4.98 Å². The first-order chi connectivity index (χ1) is 16.8. The molecule has 1 saturated heterocycles. The summed E-state index contributed by atoms with van der Waals surface area (Å²) in [5, 5.41) is 26.2. The number of thiocarbonyl (C=S) groups is 1. The van der Waals surface area contributed by atoms with Crippen molar-refractivity contribution in [2.75, 3.05) is 4.90 Å². The molecule has 1 aliphatic heterocycles. The minimum absolute atomic E-state index is 0.0616. The number of aromatic hydroxyl groups is 2. The molecule has 1 aliphatic rings. The van der Waals surface area contributed by atoms with E-state index in [2.05, 4.69) is 16.4 Å². The average molecular weight is 525 g/mol. The Labute approximate surface area is 218 Å². The smallest absolute Gasteiger partial charge is 0.174 e. The Morgan fingerprint density at radius 1 is 0.914 bits per heavy atom. The Morgan fingerprint density at radius 3 is 2.23 bits per heavy atom. The lowest BCUT2D eigenvalue weighted by Gasteiger charge is -2.28. The molecule has 0 aliphatic carbocycles. The van der Waals surface area contributed by atoms with Crippen LogP contribution in [-0.2, 0) is 0 Å². The highest BCUT2D eigenvalue weighted by Gasteiger charge is 2.43. The van der Waals surface area contributed by atoms with Crippen LogP contribution in [0.15, 0.2) is 66.9 Å². The van der Waals surface area contributed by atoms with Crippen molar-refractivity contribution in [1.82, 2.24) is 14.9 Å². The fourth-order valence-corrected chi connectivity index (χ4v) is 5.42. The number of hydrogen-bond acceptors (Lipinski definition) is 4. The van der Waals surface area contributed by atoms with Crippen molar-refractivity contribution < 1.29 is 10.2 Å². The molecule has 3 N–H and O–H groups in total. The van der Waals surface area contributed by atoms with E-state index in [1.807, 2.05) is 41.5 Å². The van der Waals surface area contributed by atoms with Crippen LogP contribution in [0.5, 0.6) is 11.5 Å². The fraction of sp³-hybridized carbons (Fsp3) is 0.154. The molecule has 0 amide bonds. The molecule has 4 aromatic rings. The number of anilines is 1. The van der Waals surface area contributed by atoms with Crippen LogP contribution in [0.1, 0.15) is 34.7 Å². The first-order valence-electron chi connectivity index (χ1n) is 10.9. The number of phenolic OH excluding ortho intramolecular Hbond substituents is 2. The normalized spacial score (nSPS) is 17.6. The number of rotatable bonds is 4. The number of halogens is 2. The number of phenols is 2. The van der Waals surface area contributed by atoms with Crippen molar-refractivity contribution in [2.24, 2.45) is 0 Å². The van der Waals surface area contributed by atoms with Gasteiger partial charge in [-0.25, -0.2) is 0 Å². The fourth-order valence-electron chi connectivity index (χ4n) is 4.75. The Hall–Kier alpha value is -3.26. The molecule has 0 radical (unpaired) electrons. The average Bonchev–Trinajstić information content (AvgIpc) is 3.33. The Balaban J connectivity index is 1.73. The van der Waals surface area contributed by atoms with E-state index in [1.54, 1.807) is 42.6 Å². The summed E-state index contributed by atoms with van der Waals surface area (Å²) >= 11 is 18.3. The summed E-state index contributed by atoms with van der Waals surface area (Å²) in [5.74, 6) is 0.181. The Bertz CT molecular complexity index is 1440. The zero-order valence-corrected chi connectivity index (χ0v) is 21.2. The van der Waals surface area contributed by atoms with Crippen LogP contribution in [0.3, 0.4) is 0 Å². The van der Waals surface area contributed by atoms with Crippen molar-refractivity contribution >= 4 is 46.2 Å². The molecule has 0 saturated carbocycles.